The van der Waals surface area contributed by atoms with Gasteiger partial charge in [0.2, 0.25) is 0 Å². The van der Waals surface area contributed by atoms with Gasteiger partial charge in [0.05, 0.1) is 17.4 Å². The first-order chi connectivity index (χ1) is 12.0. The minimum absolute atomic E-state index is 0.379. The summed E-state index contributed by atoms with van der Waals surface area (Å²) in [5.41, 5.74) is 0.662. The molecule has 1 aliphatic rings. The Labute approximate surface area is 142 Å². The topological polar surface area (TPSA) is 34.0 Å². The average molecular weight is 346 g/mol. The number of halogens is 3. The summed E-state index contributed by atoms with van der Waals surface area (Å²) in [6, 6.07) is 6.09. The molecule has 1 fully saturated rings. The van der Waals surface area contributed by atoms with E-state index in [-0.39, 0.29) is 0 Å². The summed E-state index contributed by atoms with van der Waals surface area (Å²) >= 11 is 0. The van der Waals surface area contributed by atoms with Gasteiger partial charge in [-0.25, -0.2) is 4.98 Å². The van der Waals surface area contributed by atoms with Crippen LogP contribution in [0.25, 0.3) is 10.9 Å². The minimum atomic E-state index is -4.35. The van der Waals surface area contributed by atoms with Crippen LogP contribution in [0.1, 0.15) is 24.4 Å². The molecule has 1 aliphatic heterocycles. The fraction of sp³-hybridized carbons (Fsp3) is 0.333. The second-order valence-corrected chi connectivity index (χ2v) is 6.29. The van der Waals surface area contributed by atoms with Gasteiger partial charge >= 0.3 is 6.18 Å². The zero-order chi connectivity index (χ0) is 17.4. The third-order valence-corrected chi connectivity index (χ3v) is 4.80. The van der Waals surface area contributed by atoms with Crippen LogP contribution in [-0.4, -0.2) is 27.6 Å². The first-order valence-electron chi connectivity index (χ1n) is 8.21. The number of hydrogen-bond donors (Lipinski definition) is 0. The summed E-state index contributed by atoms with van der Waals surface area (Å²) < 4.78 is 40.8. The predicted molar refractivity (Wildman–Crippen MR) is 89.5 cm³/mol. The van der Waals surface area contributed by atoms with Crippen LogP contribution >= 0.6 is 0 Å². The first kappa shape index (κ1) is 15.9. The number of hydrogen-bond acceptors (Lipinski definition) is 3. The number of anilines is 1. The molecule has 0 bridgehead atoms. The molecule has 0 spiro atoms. The van der Waals surface area contributed by atoms with Crippen LogP contribution in [0.4, 0.5) is 18.9 Å². The molecule has 1 aromatic carbocycles. The molecule has 25 heavy (non-hydrogen) atoms. The lowest BCUT2D eigenvalue weighted by atomic mass is 10.0. The second-order valence-electron chi connectivity index (χ2n) is 6.29. The van der Waals surface area contributed by atoms with E-state index in [2.05, 4.69) is 19.4 Å². The number of alkyl halides is 3. The minimum Gasteiger partial charge on any atom is -0.371 e. The summed E-state index contributed by atoms with van der Waals surface area (Å²) in [5, 5.41) is 0.761. The van der Waals surface area contributed by atoms with E-state index in [9.17, 15) is 13.2 Å². The van der Waals surface area contributed by atoms with Crippen LogP contribution in [-0.2, 0) is 6.18 Å². The number of pyridine rings is 1. The maximum absolute atomic E-state index is 12.9. The summed E-state index contributed by atoms with van der Waals surface area (Å²) in [6.07, 6.45) is 4.76. The van der Waals surface area contributed by atoms with Gasteiger partial charge in [0.25, 0.3) is 0 Å². The highest BCUT2D eigenvalue weighted by Gasteiger charge is 2.31. The number of nitrogens with zero attached hydrogens (tertiary/aromatic N) is 4. The van der Waals surface area contributed by atoms with Crippen molar-refractivity contribution in [1.29, 1.82) is 0 Å². The highest BCUT2D eigenvalue weighted by atomic mass is 19.4. The largest absolute Gasteiger partial charge is 0.416 e. The molecule has 7 heteroatoms. The highest BCUT2D eigenvalue weighted by molar-refractivity contribution is 5.92. The zero-order valence-corrected chi connectivity index (χ0v) is 13.4. The molecule has 2 aromatic heterocycles. The van der Waals surface area contributed by atoms with Crippen LogP contribution in [0.3, 0.4) is 0 Å². The molecule has 0 radical (unpaired) electrons. The van der Waals surface area contributed by atoms with Gasteiger partial charge in [0, 0.05) is 48.8 Å². The lowest BCUT2D eigenvalue weighted by Crippen LogP contribution is -2.34. The molecule has 4 nitrogen and oxygen atoms in total. The number of aromatic nitrogens is 3. The van der Waals surface area contributed by atoms with Gasteiger partial charge in [-0.2, -0.15) is 13.2 Å². The Bertz CT molecular complexity index is 866. The highest BCUT2D eigenvalue weighted by Crippen LogP contribution is 2.35. The van der Waals surface area contributed by atoms with E-state index in [1.165, 1.54) is 6.07 Å². The molecule has 0 unspecified atom stereocenters. The molecular formula is C18H17F3N4. The van der Waals surface area contributed by atoms with Gasteiger partial charge in [-0.05, 0) is 31.0 Å². The molecule has 3 heterocycles. The van der Waals surface area contributed by atoms with Gasteiger partial charge in [-0.15, -0.1) is 0 Å². The van der Waals surface area contributed by atoms with E-state index >= 15 is 0 Å². The Morgan fingerprint density at radius 2 is 1.84 bits per heavy atom. The lowest BCUT2D eigenvalue weighted by molar-refractivity contribution is -0.137. The van der Waals surface area contributed by atoms with E-state index in [0.717, 1.165) is 49.1 Å². The van der Waals surface area contributed by atoms with Gasteiger partial charge < -0.3 is 9.47 Å². The van der Waals surface area contributed by atoms with Crippen molar-refractivity contribution in [2.24, 2.45) is 0 Å². The summed E-state index contributed by atoms with van der Waals surface area (Å²) in [4.78, 5) is 10.4. The first-order valence-corrected chi connectivity index (χ1v) is 8.21. The van der Waals surface area contributed by atoms with Gasteiger partial charge in [-0.1, -0.05) is 6.07 Å². The van der Waals surface area contributed by atoms with E-state index in [1.54, 1.807) is 12.4 Å². The van der Waals surface area contributed by atoms with E-state index in [0.29, 0.717) is 11.6 Å². The number of benzene rings is 1. The average Bonchev–Trinajstić information content (AvgIpc) is 3.15. The quantitative estimate of drug-likeness (QED) is 0.694. The van der Waals surface area contributed by atoms with Crippen molar-refractivity contribution in [3.63, 3.8) is 0 Å². The molecule has 130 valence electrons. The van der Waals surface area contributed by atoms with Gasteiger partial charge in [0.15, 0.2) is 0 Å². The fourth-order valence-corrected chi connectivity index (χ4v) is 3.48. The van der Waals surface area contributed by atoms with Gasteiger partial charge in [0.1, 0.15) is 0 Å². The van der Waals surface area contributed by atoms with E-state index < -0.39 is 11.7 Å². The molecule has 0 amide bonds. The van der Waals surface area contributed by atoms with Crippen molar-refractivity contribution in [3.8, 4) is 0 Å². The van der Waals surface area contributed by atoms with Crippen LogP contribution in [0.5, 0.6) is 0 Å². The predicted octanol–water partition coefficient (Wildman–Crippen LogP) is 4.29. The lowest BCUT2D eigenvalue weighted by Gasteiger charge is -2.34. The van der Waals surface area contributed by atoms with Crippen LogP contribution in [0.15, 0.2) is 49.2 Å². The molecular weight excluding hydrogens is 329 g/mol. The maximum atomic E-state index is 12.9. The fourth-order valence-electron chi connectivity index (χ4n) is 3.48. The van der Waals surface area contributed by atoms with Crippen LogP contribution < -0.4 is 4.90 Å². The summed E-state index contributed by atoms with van der Waals surface area (Å²) in [5.74, 6) is 0. The molecule has 0 atom stereocenters. The van der Waals surface area contributed by atoms with Crippen LogP contribution in [0.2, 0.25) is 0 Å². The molecule has 0 aliphatic carbocycles. The van der Waals surface area contributed by atoms with Crippen molar-refractivity contribution in [2.75, 3.05) is 18.0 Å². The SMILES string of the molecule is FC(F)(F)c1ccc2c(N3CCC(n4ccnc4)CC3)ccnc2c1. The van der Waals surface area contributed by atoms with E-state index in [4.69, 9.17) is 0 Å². The molecule has 0 N–H and O–H groups in total. The normalized spacial score (nSPS) is 16.5. The van der Waals surface area contributed by atoms with Crippen molar-refractivity contribution in [1.82, 2.24) is 14.5 Å². The molecule has 0 saturated carbocycles. The molecule has 1 saturated heterocycles. The third kappa shape index (κ3) is 3.06. The molecule has 4 rings (SSSR count). The number of rotatable bonds is 2. The van der Waals surface area contributed by atoms with E-state index in [1.807, 2.05) is 18.6 Å². The summed E-state index contributed by atoms with van der Waals surface area (Å²) in [7, 11) is 0. The Balaban J connectivity index is 1.60. The number of imidazole rings is 1. The Hall–Kier alpha value is -2.57. The maximum Gasteiger partial charge on any atom is 0.416 e. The third-order valence-electron chi connectivity index (χ3n) is 4.80. The van der Waals surface area contributed by atoms with Crippen molar-refractivity contribution in [2.45, 2.75) is 25.1 Å². The van der Waals surface area contributed by atoms with Crippen LogP contribution in [0, 0.1) is 0 Å². The number of fused-ring (bicyclic) bond motifs is 1. The second kappa shape index (κ2) is 6.06. The smallest absolute Gasteiger partial charge is 0.371 e. The van der Waals surface area contributed by atoms with Gasteiger partial charge in [-0.3, -0.25) is 4.98 Å². The van der Waals surface area contributed by atoms with Crippen molar-refractivity contribution in [3.05, 3.63) is 54.7 Å². The standard InChI is InChI=1S/C18H17F3N4/c19-18(20,21)13-1-2-15-16(11-13)23-6-3-17(15)24-8-4-14(5-9-24)25-10-7-22-12-25/h1-3,6-7,10-12,14H,4-5,8-9H2. The Morgan fingerprint density at radius 1 is 1.04 bits per heavy atom. The Kier molecular flexibility index (Phi) is 3.86. The monoisotopic (exact) mass is 346 g/mol. The Morgan fingerprint density at radius 3 is 2.52 bits per heavy atom. The van der Waals surface area contributed by atoms with Crippen molar-refractivity contribution >= 4 is 16.6 Å². The summed E-state index contributed by atoms with van der Waals surface area (Å²) in [6.45, 7) is 1.70. The zero-order valence-electron chi connectivity index (χ0n) is 13.4. The number of piperidine rings is 1. The van der Waals surface area contributed by atoms with Crippen molar-refractivity contribution < 1.29 is 13.2 Å². The molecule has 3 aromatic rings.